The molecule has 0 saturated carbocycles. The van der Waals surface area contributed by atoms with Crippen LogP contribution in [0, 0.1) is 41.8 Å². The Morgan fingerprint density at radius 2 is 1.29 bits per heavy atom. The van der Waals surface area contributed by atoms with Crippen LogP contribution in [0.2, 0.25) is 0 Å². The highest BCUT2D eigenvalue weighted by molar-refractivity contribution is 5.37. The van der Waals surface area contributed by atoms with Crippen LogP contribution in [-0.4, -0.2) is 5.11 Å². The molecule has 2 aromatic rings. The second kappa shape index (κ2) is 5.40. The molecule has 0 heterocycles. The summed E-state index contributed by atoms with van der Waals surface area (Å²) in [5, 5.41) is 9.90. The number of halogens is 6. The molecule has 0 amide bonds. The molecule has 0 aromatic heterocycles. The van der Waals surface area contributed by atoms with Gasteiger partial charge in [0, 0.05) is 0 Å². The van der Waals surface area contributed by atoms with E-state index in [-0.39, 0.29) is 11.1 Å². The van der Waals surface area contributed by atoms with Crippen LogP contribution in [0.1, 0.15) is 22.8 Å². The summed E-state index contributed by atoms with van der Waals surface area (Å²) in [7, 11) is 0. The summed E-state index contributed by atoms with van der Waals surface area (Å²) >= 11 is 0. The van der Waals surface area contributed by atoms with E-state index in [4.69, 9.17) is 0 Å². The van der Waals surface area contributed by atoms with Crippen molar-refractivity contribution in [1.29, 1.82) is 0 Å². The lowest BCUT2D eigenvalue weighted by molar-refractivity contribution is 0.201. The van der Waals surface area contributed by atoms with E-state index >= 15 is 0 Å². The van der Waals surface area contributed by atoms with Crippen LogP contribution in [0.15, 0.2) is 18.2 Å². The lowest BCUT2D eigenvalue weighted by atomic mass is 9.96. The van der Waals surface area contributed by atoms with Crippen LogP contribution in [0.3, 0.4) is 0 Å². The number of rotatable bonds is 2. The molecular formula is C14H8F6O. The summed E-state index contributed by atoms with van der Waals surface area (Å²) < 4.78 is 79.5. The fourth-order valence-electron chi connectivity index (χ4n) is 1.92. The van der Waals surface area contributed by atoms with E-state index in [0.717, 1.165) is 12.1 Å². The molecule has 1 N–H and O–H groups in total. The van der Waals surface area contributed by atoms with Crippen molar-refractivity contribution < 1.29 is 31.4 Å². The van der Waals surface area contributed by atoms with E-state index < -0.39 is 46.6 Å². The third kappa shape index (κ3) is 2.49. The van der Waals surface area contributed by atoms with Crippen LogP contribution >= 0.6 is 0 Å². The molecule has 0 spiro atoms. The molecule has 1 unspecified atom stereocenters. The minimum absolute atomic E-state index is 0.229. The number of hydrogen-bond acceptors (Lipinski definition) is 1. The van der Waals surface area contributed by atoms with Gasteiger partial charge in [-0.3, -0.25) is 0 Å². The molecule has 1 nitrogen and oxygen atoms in total. The van der Waals surface area contributed by atoms with Gasteiger partial charge >= 0.3 is 0 Å². The van der Waals surface area contributed by atoms with E-state index in [1.54, 1.807) is 0 Å². The molecule has 0 bridgehead atoms. The normalized spacial score (nSPS) is 12.6. The fraction of sp³-hybridized carbons (Fsp3) is 0.143. The van der Waals surface area contributed by atoms with Crippen molar-refractivity contribution in [3.63, 3.8) is 0 Å². The van der Waals surface area contributed by atoms with E-state index in [1.165, 1.54) is 13.0 Å². The highest BCUT2D eigenvalue weighted by Crippen LogP contribution is 2.32. The van der Waals surface area contributed by atoms with Gasteiger partial charge in [-0.05, 0) is 30.2 Å². The lowest BCUT2D eigenvalue weighted by Gasteiger charge is -2.16. The van der Waals surface area contributed by atoms with Crippen LogP contribution in [0.4, 0.5) is 26.3 Å². The largest absolute Gasteiger partial charge is 0.383 e. The molecule has 0 saturated heterocycles. The summed E-state index contributed by atoms with van der Waals surface area (Å²) in [6, 6.07) is 3.00. The Balaban J connectivity index is 2.69. The molecule has 7 heteroatoms. The van der Waals surface area contributed by atoms with Crippen molar-refractivity contribution in [3.05, 3.63) is 69.8 Å². The standard InChI is InChI=1S/C14H8F6O/c1-5-2-3-6(15)4-7(5)14(21)8-9(16)11(18)13(20)12(19)10(8)17/h2-4,14,21H,1H3. The fourth-order valence-corrected chi connectivity index (χ4v) is 1.92. The molecule has 2 aromatic carbocycles. The van der Waals surface area contributed by atoms with Crippen LogP contribution in [-0.2, 0) is 0 Å². The zero-order valence-electron chi connectivity index (χ0n) is 10.5. The topological polar surface area (TPSA) is 20.2 Å². The van der Waals surface area contributed by atoms with Crippen molar-refractivity contribution >= 4 is 0 Å². The van der Waals surface area contributed by atoms with Gasteiger partial charge in [0.15, 0.2) is 23.3 Å². The van der Waals surface area contributed by atoms with E-state index in [2.05, 4.69) is 0 Å². The third-order valence-electron chi connectivity index (χ3n) is 3.05. The van der Waals surface area contributed by atoms with Crippen molar-refractivity contribution in [2.24, 2.45) is 0 Å². The van der Waals surface area contributed by atoms with Crippen molar-refractivity contribution in [3.8, 4) is 0 Å². The van der Waals surface area contributed by atoms with E-state index in [1.807, 2.05) is 0 Å². The first kappa shape index (κ1) is 15.4. The minimum Gasteiger partial charge on any atom is -0.383 e. The molecule has 2 rings (SSSR count). The number of benzene rings is 2. The van der Waals surface area contributed by atoms with Gasteiger partial charge in [0.05, 0.1) is 5.56 Å². The molecular weight excluding hydrogens is 298 g/mol. The van der Waals surface area contributed by atoms with E-state index in [0.29, 0.717) is 0 Å². The van der Waals surface area contributed by atoms with Crippen LogP contribution < -0.4 is 0 Å². The van der Waals surface area contributed by atoms with Crippen LogP contribution in [0.5, 0.6) is 0 Å². The highest BCUT2D eigenvalue weighted by atomic mass is 19.2. The SMILES string of the molecule is Cc1ccc(F)cc1C(O)c1c(F)c(F)c(F)c(F)c1F. The van der Waals surface area contributed by atoms with Gasteiger partial charge in [0.2, 0.25) is 5.82 Å². The average Bonchev–Trinajstić information content (AvgIpc) is 2.45. The predicted molar refractivity (Wildman–Crippen MR) is 61.4 cm³/mol. The zero-order valence-corrected chi connectivity index (χ0v) is 10.5. The molecule has 1 atom stereocenters. The van der Waals surface area contributed by atoms with Gasteiger partial charge < -0.3 is 5.11 Å². The predicted octanol–water partition coefficient (Wildman–Crippen LogP) is 3.91. The van der Waals surface area contributed by atoms with Gasteiger partial charge in [-0.2, -0.15) is 0 Å². The van der Waals surface area contributed by atoms with Gasteiger partial charge in [0.25, 0.3) is 0 Å². The van der Waals surface area contributed by atoms with Gasteiger partial charge in [-0.15, -0.1) is 0 Å². The second-order valence-electron chi connectivity index (χ2n) is 4.39. The Morgan fingerprint density at radius 1 is 0.810 bits per heavy atom. The summed E-state index contributed by atoms with van der Waals surface area (Å²) in [6.45, 7) is 1.39. The maximum atomic E-state index is 13.6. The number of hydrogen-bond donors (Lipinski definition) is 1. The first-order valence-corrected chi connectivity index (χ1v) is 5.71. The Morgan fingerprint density at radius 3 is 1.81 bits per heavy atom. The van der Waals surface area contributed by atoms with Crippen molar-refractivity contribution in [2.75, 3.05) is 0 Å². The smallest absolute Gasteiger partial charge is 0.200 e. The number of aryl methyl sites for hydroxylation is 1. The quantitative estimate of drug-likeness (QED) is 0.507. The zero-order chi connectivity index (χ0) is 15.9. The maximum Gasteiger partial charge on any atom is 0.200 e. The molecule has 0 aliphatic heterocycles. The summed E-state index contributed by atoms with van der Waals surface area (Å²) in [4.78, 5) is 0. The van der Waals surface area contributed by atoms with Gasteiger partial charge in [-0.1, -0.05) is 6.07 Å². The number of aliphatic hydroxyl groups is 1. The van der Waals surface area contributed by atoms with Gasteiger partial charge in [0.1, 0.15) is 11.9 Å². The summed E-state index contributed by atoms with van der Waals surface area (Å²) in [6.07, 6.45) is -2.19. The van der Waals surface area contributed by atoms with E-state index in [9.17, 15) is 31.4 Å². The van der Waals surface area contributed by atoms with Gasteiger partial charge in [-0.25, -0.2) is 26.3 Å². The Labute approximate surface area is 115 Å². The molecule has 0 fully saturated rings. The van der Waals surface area contributed by atoms with Crippen molar-refractivity contribution in [2.45, 2.75) is 13.0 Å². The molecule has 0 aliphatic rings. The summed E-state index contributed by atoms with van der Waals surface area (Å²) in [5.41, 5.74) is -1.48. The highest BCUT2D eigenvalue weighted by Gasteiger charge is 2.30. The monoisotopic (exact) mass is 306 g/mol. The maximum absolute atomic E-state index is 13.6. The average molecular weight is 306 g/mol. The molecule has 0 radical (unpaired) electrons. The number of aliphatic hydroxyl groups excluding tert-OH is 1. The van der Waals surface area contributed by atoms with Crippen molar-refractivity contribution in [1.82, 2.24) is 0 Å². The summed E-state index contributed by atoms with van der Waals surface area (Å²) in [5.74, 6) is -11.8. The lowest BCUT2D eigenvalue weighted by Crippen LogP contribution is -2.13. The Kier molecular flexibility index (Phi) is 3.95. The third-order valence-corrected chi connectivity index (χ3v) is 3.05. The molecule has 21 heavy (non-hydrogen) atoms. The first-order valence-electron chi connectivity index (χ1n) is 5.71. The minimum atomic E-state index is -2.32. The Hall–Kier alpha value is -2.02. The first-order chi connectivity index (χ1) is 9.75. The molecule has 112 valence electrons. The second-order valence-corrected chi connectivity index (χ2v) is 4.39. The molecule has 0 aliphatic carbocycles. The van der Waals surface area contributed by atoms with Crippen LogP contribution in [0.25, 0.3) is 0 Å². The Bertz CT molecular complexity index is 684.